The topological polar surface area (TPSA) is 152 Å². The summed E-state index contributed by atoms with van der Waals surface area (Å²) in [4.78, 5) is 0. The normalized spacial score (nSPS) is 25.6. The molecule has 12 rings (SSSR count). The summed E-state index contributed by atoms with van der Waals surface area (Å²) in [6.07, 6.45) is 20.2. The number of aromatic hydroxyl groups is 3. The molecule has 1 saturated carbocycles. The minimum atomic E-state index is -0.608. The SMILES string of the molecule is NC1C=C2C#C[C@@H](CCc3ccc(O)c(Cc4cccc(O)c4)c3)CCC[C@H]3C[C@H](O)CCc4ccc(O)c(c4)OCc4cc([C@]56CCOC7(CCCCC7)[C@@H]5CCc5ccccc56)cc5cn(cc45)C(=C2CO3)N1. The van der Waals surface area contributed by atoms with E-state index in [9.17, 15) is 20.4 Å². The quantitative estimate of drug-likeness (QED) is 0.0896. The Morgan fingerprint density at radius 3 is 2.55 bits per heavy atom. The van der Waals surface area contributed by atoms with Gasteiger partial charge in [-0.2, -0.15) is 0 Å². The standard InChI is InChI=1S/C65H71N3O7/c66-62-36-47-20-16-42(14-15-43-18-23-58(71)48(30-43)31-45-9-6-11-52(69)32-45)8-7-12-54-37-53(70)22-17-44-19-24-59(72)60(33-44)74-40-50-35-51(34-49-38-68(39-55(49)50)63(67-62)56(47)41-73-54)65-28-29-75-64(26-4-1-5-27-64)61(65)25-21-46-10-2-3-13-57(46)65/h2-3,6,9-11,13,18-19,23-24,30,32-36,38-39,42,53-54,61-62,67,69-72H,1,4-5,7-8,12,14-15,17,21-22,25-29,31,37,40-41,66H2/t42-,53-,54+,61+,62?,65+/m1/s1. The van der Waals surface area contributed by atoms with Gasteiger partial charge in [0.2, 0.25) is 0 Å². The number of hydrogen-bond donors (Lipinski definition) is 6. The van der Waals surface area contributed by atoms with Gasteiger partial charge in [-0.1, -0.05) is 91.8 Å². The summed E-state index contributed by atoms with van der Waals surface area (Å²) < 4.78 is 22.9. The second-order valence-electron chi connectivity index (χ2n) is 22.5. The zero-order chi connectivity index (χ0) is 51.1. The first-order valence-corrected chi connectivity index (χ1v) is 27.8. The fourth-order valence-electron chi connectivity index (χ4n) is 14.0. The molecule has 0 amide bonds. The van der Waals surface area contributed by atoms with Crippen LogP contribution in [0.25, 0.3) is 16.6 Å². The summed E-state index contributed by atoms with van der Waals surface area (Å²) >= 11 is 0. The van der Waals surface area contributed by atoms with Crippen LogP contribution in [0.2, 0.25) is 0 Å². The Kier molecular flexibility index (Phi) is 13.8. The third kappa shape index (κ3) is 9.97. The molecule has 5 heterocycles. The van der Waals surface area contributed by atoms with Crippen LogP contribution >= 0.6 is 0 Å². The van der Waals surface area contributed by atoms with E-state index in [1.807, 2.05) is 36.4 Å². The molecule has 0 radical (unpaired) electrons. The van der Waals surface area contributed by atoms with E-state index in [1.165, 1.54) is 36.0 Å². The smallest absolute Gasteiger partial charge is 0.161 e. The van der Waals surface area contributed by atoms with Gasteiger partial charge in [-0.3, -0.25) is 0 Å². The van der Waals surface area contributed by atoms with Crippen LogP contribution in [0.3, 0.4) is 0 Å². The third-order valence-corrected chi connectivity index (χ3v) is 17.8. The van der Waals surface area contributed by atoms with Crippen LogP contribution in [0.4, 0.5) is 0 Å². The van der Waals surface area contributed by atoms with E-state index < -0.39 is 12.3 Å². The predicted molar refractivity (Wildman–Crippen MR) is 293 cm³/mol. The summed E-state index contributed by atoms with van der Waals surface area (Å²) in [7, 11) is 0. The lowest BCUT2D eigenvalue weighted by atomic mass is 9.51. The van der Waals surface area contributed by atoms with Crippen LogP contribution in [0.1, 0.15) is 128 Å². The molecule has 2 fully saturated rings. The molecule has 5 aromatic carbocycles. The number of nitrogens with one attached hydrogen (secondary N) is 1. The third-order valence-electron chi connectivity index (χ3n) is 17.8. The van der Waals surface area contributed by atoms with E-state index in [0.717, 1.165) is 120 Å². The number of dihydropyridines is 1. The van der Waals surface area contributed by atoms with Crippen molar-refractivity contribution in [3.05, 3.63) is 171 Å². The number of ether oxygens (including phenoxy) is 3. The van der Waals surface area contributed by atoms with E-state index in [2.05, 4.69) is 76.6 Å². The highest BCUT2D eigenvalue weighted by Crippen LogP contribution is 2.59. The number of hydrogen-bond acceptors (Lipinski definition) is 9. The maximum atomic E-state index is 11.7. The zero-order valence-electron chi connectivity index (χ0n) is 43.0. The van der Waals surface area contributed by atoms with E-state index in [0.29, 0.717) is 44.0 Å². The number of aliphatic hydroxyl groups excluding tert-OH is 1. The van der Waals surface area contributed by atoms with Gasteiger partial charge in [-0.15, -0.1) is 0 Å². The molecular weight excluding hydrogens is 935 g/mol. The number of rotatable bonds is 6. The summed E-state index contributed by atoms with van der Waals surface area (Å²) in [5, 5.41) is 49.7. The highest BCUT2D eigenvalue weighted by Gasteiger charge is 2.58. The van der Waals surface area contributed by atoms with Gasteiger partial charge in [0.25, 0.3) is 0 Å². The number of nitrogens with zero attached hydrogens (tertiary/aromatic N) is 1. The van der Waals surface area contributed by atoms with Gasteiger partial charge in [0.05, 0.1) is 30.6 Å². The first-order chi connectivity index (χ1) is 36.6. The Morgan fingerprint density at radius 1 is 0.773 bits per heavy atom. The first-order valence-electron chi connectivity index (χ1n) is 27.8. The van der Waals surface area contributed by atoms with Crippen molar-refractivity contribution >= 4 is 16.6 Å². The fourth-order valence-corrected chi connectivity index (χ4v) is 14.0. The van der Waals surface area contributed by atoms with Crippen LogP contribution in [0.15, 0.2) is 127 Å². The number of phenolic OH excluding ortho intramolecular Hbond substituents is 3. The number of nitrogens with two attached hydrogens (primary N) is 1. The van der Waals surface area contributed by atoms with Crippen LogP contribution < -0.4 is 15.8 Å². The van der Waals surface area contributed by atoms with Gasteiger partial charge in [0, 0.05) is 64.6 Å². The molecule has 1 unspecified atom stereocenters. The Hall–Kier alpha value is -6.48. The largest absolute Gasteiger partial charge is 0.508 e. The molecule has 6 bridgehead atoms. The second-order valence-corrected chi connectivity index (χ2v) is 22.5. The number of fused-ring (bicyclic) bond motifs is 10. The number of aryl methyl sites for hydroxylation is 3. The van der Waals surface area contributed by atoms with Crippen molar-refractivity contribution in [2.75, 3.05) is 13.2 Å². The van der Waals surface area contributed by atoms with Crippen molar-refractivity contribution in [3.63, 3.8) is 0 Å². The van der Waals surface area contributed by atoms with E-state index in [-0.39, 0.29) is 53.5 Å². The molecule has 1 spiro atoms. The summed E-state index contributed by atoms with van der Waals surface area (Å²) in [6, 6.07) is 32.6. The minimum absolute atomic E-state index is 0.0696. The van der Waals surface area contributed by atoms with Crippen molar-refractivity contribution in [2.24, 2.45) is 17.6 Å². The molecule has 6 atom stereocenters. The van der Waals surface area contributed by atoms with Gasteiger partial charge < -0.3 is 50.3 Å². The molecular formula is C65H71N3O7. The summed E-state index contributed by atoms with van der Waals surface area (Å²) in [6.45, 7) is 1.23. The molecule has 388 valence electrons. The van der Waals surface area contributed by atoms with Crippen molar-refractivity contribution < 1.29 is 34.6 Å². The molecule has 1 aromatic heterocycles. The van der Waals surface area contributed by atoms with Crippen molar-refractivity contribution in [2.45, 2.75) is 145 Å². The zero-order valence-corrected chi connectivity index (χ0v) is 43.0. The highest BCUT2D eigenvalue weighted by atomic mass is 16.5. The molecule has 7 N–H and O–H groups in total. The Labute approximate surface area is 441 Å². The van der Waals surface area contributed by atoms with Crippen molar-refractivity contribution in [1.29, 1.82) is 0 Å². The van der Waals surface area contributed by atoms with Crippen LogP contribution in [0, 0.1) is 23.7 Å². The average molecular weight is 1010 g/mol. The minimum Gasteiger partial charge on any atom is -0.508 e. The van der Waals surface area contributed by atoms with E-state index >= 15 is 0 Å². The lowest BCUT2D eigenvalue weighted by molar-refractivity contribution is -0.166. The molecule has 75 heavy (non-hydrogen) atoms. The molecule has 6 aliphatic rings. The number of benzene rings is 5. The number of aliphatic hydroxyl groups is 1. The highest BCUT2D eigenvalue weighted by molar-refractivity contribution is 5.88. The molecule has 1 saturated heterocycles. The molecule has 2 aliphatic carbocycles. The lowest BCUT2D eigenvalue weighted by Gasteiger charge is -2.59. The molecule has 10 heteroatoms. The second kappa shape index (κ2) is 20.9. The van der Waals surface area contributed by atoms with Gasteiger partial charge in [-0.05, 0) is 170 Å². The van der Waals surface area contributed by atoms with Gasteiger partial charge in [0.1, 0.15) is 23.9 Å². The monoisotopic (exact) mass is 1010 g/mol. The summed E-state index contributed by atoms with van der Waals surface area (Å²) in [5.41, 5.74) is 17.3. The Balaban J connectivity index is 0.957. The lowest BCUT2D eigenvalue weighted by Crippen LogP contribution is -2.59. The predicted octanol–water partition coefficient (Wildman–Crippen LogP) is 11.4. The van der Waals surface area contributed by atoms with Crippen LogP contribution in [-0.4, -0.2) is 62.2 Å². The Bertz CT molecular complexity index is 3220. The van der Waals surface area contributed by atoms with Crippen molar-refractivity contribution in [3.8, 4) is 34.8 Å². The van der Waals surface area contributed by atoms with Crippen molar-refractivity contribution in [1.82, 2.24) is 9.88 Å². The van der Waals surface area contributed by atoms with Crippen LogP contribution in [0.5, 0.6) is 23.0 Å². The van der Waals surface area contributed by atoms with E-state index in [1.54, 1.807) is 24.3 Å². The Morgan fingerprint density at radius 2 is 1.65 bits per heavy atom. The number of aromatic nitrogens is 1. The van der Waals surface area contributed by atoms with Crippen LogP contribution in [-0.2, 0) is 47.2 Å². The fraction of sp³-hybridized carbons (Fsp3) is 0.415. The summed E-state index contributed by atoms with van der Waals surface area (Å²) in [5.74, 6) is 9.55. The van der Waals surface area contributed by atoms with E-state index in [4.69, 9.17) is 19.9 Å². The maximum absolute atomic E-state index is 11.7. The molecule has 10 nitrogen and oxygen atoms in total. The number of phenols is 3. The van der Waals surface area contributed by atoms with Gasteiger partial charge in [0.15, 0.2) is 11.5 Å². The first kappa shape index (κ1) is 49.4. The van der Waals surface area contributed by atoms with Gasteiger partial charge >= 0.3 is 0 Å². The molecule has 4 aliphatic heterocycles. The average Bonchev–Trinajstić information content (AvgIpc) is 3.85. The van der Waals surface area contributed by atoms with Gasteiger partial charge in [-0.25, -0.2) is 0 Å². The molecule has 6 aromatic rings. The maximum Gasteiger partial charge on any atom is 0.161 e.